The molecule has 12 unspecified atom stereocenters. The molecule has 324 valence electrons. The number of nitrogens with zero attached hydrogens (tertiary/aromatic N) is 1. The van der Waals surface area contributed by atoms with Crippen LogP contribution in [0, 0.1) is 22.0 Å². The molecule has 13 heteroatoms. The molecule has 13 nitrogen and oxygen atoms in total. The molecule has 56 heavy (non-hydrogen) atoms. The van der Waals surface area contributed by atoms with Crippen molar-refractivity contribution in [1.82, 2.24) is 0 Å². The lowest BCUT2D eigenvalue weighted by atomic mass is 9.87. The number of fused-ring (bicyclic) bond motifs is 1. The Kier molecular flexibility index (Phi) is 21.1. The van der Waals surface area contributed by atoms with Crippen LogP contribution in [-0.4, -0.2) is 122 Å². The van der Waals surface area contributed by atoms with E-state index >= 15 is 0 Å². The van der Waals surface area contributed by atoms with Crippen LogP contribution in [0.3, 0.4) is 0 Å². The van der Waals surface area contributed by atoms with Crippen molar-refractivity contribution < 1.29 is 52.7 Å². The van der Waals surface area contributed by atoms with E-state index < -0.39 is 11.0 Å². The van der Waals surface area contributed by atoms with Gasteiger partial charge in [-0.1, -0.05) is 61.6 Å². The molecule has 9 aliphatic rings. The summed E-state index contributed by atoms with van der Waals surface area (Å²) in [5.74, 6) is 1.31. The zero-order chi connectivity index (χ0) is 41.5. The van der Waals surface area contributed by atoms with Gasteiger partial charge in [0.2, 0.25) is 6.54 Å². The Bertz CT molecular complexity index is 1200. The minimum atomic E-state index is -0.824. The number of ether oxygens (including phenoxy) is 8. The highest BCUT2D eigenvalue weighted by Gasteiger charge is 2.64. The second-order valence-corrected chi connectivity index (χ2v) is 15.8. The quantitative estimate of drug-likeness (QED) is 0.150. The minimum Gasteiger partial charge on any atom is -0.387 e. The molecule has 1 N–H and O–H groups in total. The standard InChI is InChI=1S/C19H26O7.C10H18O.C7H12O.C3H7NO3.2C2H6/c20-10(5-9-3-4-21-8-9)6-11-1-2-12-15(22-11)18-19-17(23-12)16-13(24-19)7-14(25-16)26-18;1-5-10-6-7(2)8(3)9(4)11-10;1-3-7-4-6(2)5-8-7;1-3(5)2-4(6)7;2*1-2/h9,11-19H,1-8H2;7,9-10H,3,5-6H2,1-2,4H3;7H,2-5H2,1H3;3,5H,2H2,1H3;2*1-2H3/t9?,11-,12?,13?,14?,15?,16+,17?,18?,19?;7?,9-,10?;;;;/m11..../s1. The van der Waals surface area contributed by atoms with Gasteiger partial charge in [-0.15, -0.1) is 0 Å². The van der Waals surface area contributed by atoms with Crippen LogP contribution in [0.4, 0.5) is 0 Å². The number of hydrogen-bond donors (Lipinski definition) is 1. The summed E-state index contributed by atoms with van der Waals surface area (Å²) in [5, 5.41) is 17.7. The van der Waals surface area contributed by atoms with Gasteiger partial charge in [-0.2, -0.15) is 0 Å². The molecule has 9 aliphatic heterocycles. The number of nitro groups is 1. The minimum absolute atomic E-state index is 0.00359. The predicted molar refractivity (Wildman–Crippen MR) is 214 cm³/mol. The van der Waals surface area contributed by atoms with Crippen molar-refractivity contribution in [3.05, 3.63) is 34.4 Å². The zero-order valence-corrected chi connectivity index (χ0v) is 35.9. The first-order valence-corrected chi connectivity index (χ1v) is 21.6. The molecule has 0 saturated carbocycles. The normalized spacial score (nSPS) is 39.0. The molecular weight excluding hydrogens is 722 g/mol. The number of Topliss-reactive ketones (excluding diaryl/α,β-unsaturated/α-hetero) is 1. The van der Waals surface area contributed by atoms with Gasteiger partial charge in [0.1, 0.15) is 42.4 Å². The van der Waals surface area contributed by atoms with E-state index in [0.29, 0.717) is 36.9 Å². The van der Waals surface area contributed by atoms with Crippen LogP contribution in [0.25, 0.3) is 0 Å². The molecule has 0 aromatic carbocycles. The summed E-state index contributed by atoms with van der Waals surface area (Å²) in [7, 11) is 0. The van der Waals surface area contributed by atoms with Crippen molar-refractivity contribution in [2.75, 3.05) is 26.4 Å². The maximum Gasteiger partial charge on any atom is 0.229 e. The number of hydrogen-bond acceptors (Lipinski definition) is 12. The van der Waals surface area contributed by atoms with Crippen molar-refractivity contribution in [3.8, 4) is 0 Å². The zero-order valence-electron chi connectivity index (χ0n) is 35.9. The second-order valence-electron chi connectivity index (χ2n) is 15.8. The number of aliphatic hydroxyl groups excluding tert-OH is 1. The fourth-order valence-electron chi connectivity index (χ4n) is 8.43. The number of carbonyl (C=O) groups is 1. The summed E-state index contributed by atoms with van der Waals surface area (Å²) in [5.41, 5.74) is 2.51. The topological polar surface area (TPSA) is 154 Å². The third-order valence-electron chi connectivity index (χ3n) is 11.4. The van der Waals surface area contributed by atoms with Gasteiger partial charge >= 0.3 is 0 Å². The average Bonchev–Trinajstić information content (AvgIpc) is 3.95. The van der Waals surface area contributed by atoms with Crippen molar-refractivity contribution >= 4 is 5.78 Å². The van der Waals surface area contributed by atoms with E-state index in [2.05, 4.69) is 40.9 Å². The Morgan fingerprint density at radius 1 is 0.821 bits per heavy atom. The molecule has 0 amide bonds. The smallest absolute Gasteiger partial charge is 0.229 e. The largest absolute Gasteiger partial charge is 0.387 e. The van der Waals surface area contributed by atoms with Crippen LogP contribution >= 0.6 is 0 Å². The van der Waals surface area contributed by atoms with Gasteiger partial charge in [0.05, 0.1) is 43.2 Å². The van der Waals surface area contributed by atoms with Crippen LogP contribution in [0.5, 0.6) is 0 Å². The SMILES string of the molecule is C=C1C(C)CC(CC)O[C@@H]1C.C=C1COC(CC)C1.CC.CC.CC(O)C[N+](=O)[O-].O=C(CC1CCOC1)C[C@H]1CCC2OC3C4OC5CC(OC4C2O1)O[C@@H]53. The Morgan fingerprint density at radius 2 is 1.45 bits per heavy atom. The van der Waals surface area contributed by atoms with Gasteiger partial charge in [0.25, 0.3) is 0 Å². The monoisotopic (exact) mass is 798 g/mol. The second kappa shape index (κ2) is 24.3. The number of carbonyl (C=O) groups excluding carboxylic acids is 1. The lowest BCUT2D eigenvalue weighted by Crippen LogP contribution is -2.61. The van der Waals surface area contributed by atoms with Gasteiger partial charge in [-0.25, -0.2) is 0 Å². The molecule has 9 heterocycles. The van der Waals surface area contributed by atoms with E-state index in [1.54, 1.807) is 0 Å². The lowest BCUT2D eigenvalue weighted by molar-refractivity contribution is -0.489. The average molecular weight is 798 g/mol. The Hall–Kier alpha value is -1.81. The van der Waals surface area contributed by atoms with Crippen molar-refractivity contribution in [2.24, 2.45) is 11.8 Å². The molecular formula is C43H75NO12. The maximum absolute atomic E-state index is 12.4. The van der Waals surface area contributed by atoms with E-state index in [1.165, 1.54) is 18.1 Å². The summed E-state index contributed by atoms with van der Waals surface area (Å²) in [4.78, 5) is 21.3. The van der Waals surface area contributed by atoms with Crippen LogP contribution < -0.4 is 0 Å². The summed E-state index contributed by atoms with van der Waals surface area (Å²) in [6, 6.07) is 0. The van der Waals surface area contributed by atoms with E-state index in [9.17, 15) is 14.9 Å². The van der Waals surface area contributed by atoms with E-state index in [4.69, 9.17) is 43.0 Å². The molecule has 9 saturated heterocycles. The summed E-state index contributed by atoms with van der Waals surface area (Å²) in [6.07, 6.45) is 8.87. The van der Waals surface area contributed by atoms with E-state index in [0.717, 1.165) is 71.2 Å². The Morgan fingerprint density at radius 3 is 1.98 bits per heavy atom. The summed E-state index contributed by atoms with van der Waals surface area (Å²) >= 11 is 0. The highest BCUT2D eigenvalue weighted by Crippen LogP contribution is 2.48. The fourth-order valence-corrected chi connectivity index (χ4v) is 8.43. The molecule has 15 atom stereocenters. The number of aliphatic hydroxyl groups is 1. The molecule has 0 aliphatic carbocycles. The molecule has 0 aromatic rings. The van der Waals surface area contributed by atoms with Crippen LogP contribution in [0.2, 0.25) is 0 Å². The van der Waals surface area contributed by atoms with Gasteiger partial charge in [0, 0.05) is 37.4 Å². The molecule has 9 rings (SSSR count). The van der Waals surface area contributed by atoms with E-state index in [-0.39, 0.29) is 73.6 Å². The van der Waals surface area contributed by atoms with E-state index in [1.807, 2.05) is 27.7 Å². The highest BCUT2D eigenvalue weighted by molar-refractivity contribution is 5.79. The third kappa shape index (κ3) is 13.9. The van der Waals surface area contributed by atoms with Gasteiger partial charge in [-0.05, 0) is 81.8 Å². The molecule has 0 radical (unpaired) electrons. The van der Waals surface area contributed by atoms with Gasteiger partial charge in [-0.3, -0.25) is 14.9 Å². The third-order valence-corrected chi connectivity index (χ3v) is 11.4. The van der Waals surface area contributed by atoms with Crippen LogP contribution in [0.1, 0.15) is 127 Å². The first kappa shape index (κ1) is 48.6. The van der Waals surface area contributed by atoms with Crippen molar-refractivity contribution in [1.29, 1.82) is 0 Å². The van der Waals surface area contributed by atoms with Gasteiger partial charge < -0.3 is 43.0 Å². The molecule has 9 fully saturated rings. The first-order chi connectivity index (χ1) is 26.8. The maximum atomic E-state index is 12.4. The van der Waals surface area contributed by atoms with Crippen molar-refractivity contribution in [3.63, 3.8) is 0 Å². The van der Waals surface area contributed by atoms with Gasteiger partial charge in [0.15, 0.2) is 6.29 Å². The Labute approximate surface area is 336 Å². The summed E-state index contributed by atoms with van der Waals surface area (Å²) < 4.78 is 47.4. The fraction of sp³-hybridized carbons (Fsp3) is 0.884. The summed E-state index contributed by atoms with van der Waals surface area (Å²) in [6.45, 7) is 27.8. The van der Waals surface area contributed by atoms with Crippen molar-refractivity contribution in [2.45, 2.75) is 206 Å². The molecule has 0 spiro atoms. The highest BCUT2D eigenvalue weighted by atomic mass is 16.8. The van der Waals surface area contributed by atoms with Crippen LogP contribution in [-0.2, 0) is 42.7 Å². The number of ketones is 1. The lowest BCUT2D eigenvalue weighted by Gasteiger charge is -2.46. The number of rotatable bonds is 8. The first-order valence-electron chi connectivity index (χ1n) is 21.6. The molecule has 0 aromatic heterocycles. The molecule has 6 bridgehead atoms. The Balaban J connectivity index is 0.000000233. The van der Waals surface area contributed by atoms with Crippen LogP contribution in [0.15, 0.2) is 24.3 Å². The predicted octanol–water partition coefficient (Wildman–Crippen LogP) is 7.17.